The number of halogens is 1. The second-order valence-corrected chi connectivity index (χ2v) is 7.16. The van der Waals surface area contributed by atoms with Crippen molar-refractivity contribution in [3.63, 3.8) is 0 Å². The van der Waals surface area contributed by atoms with Crippen molar-refractivity contribution in [1.82, 2.24) is 15.5 Å². The lowest BCUT2D eigenvalue weighted by Crippen LogP contribution is -2.37. The van der Waals surface area contributed by atoms with Crippen molar-refractivity contribution >= 4 is 23.5 Å². The van der Waals surface area contributed by atoms with Gasteiger partial charge in [0.05, 0.1) is 6.04 Å². The summed E-state index contributed by atoms with van der Waals surface area (Å²) < 4.78 is 0. The third-order valence-corrected chi connectivity index (χ3v) is 5.15. The van der Waals surface area contributed by atoms with E-state index in [4.69, 9.17) is 11.6 Å². The molecule has 1 saturated heterocycles. The van der Waals surface area contributed by atoms with Gasteiger partial charge in [-0.3, -0.25) is 4.79 Å². The van der Waals surface area contributed by atoms with Crippen LogP contribution in [0.4, 0.5) is 4.79 Å². The number of nitrogens with one attached hydrogen (secondary N) is 2. The van der Waals surface area contributed by atoms with Gasteiger partial charge in [0.25, 0.3) is 0 Å². The molecule has 142 valence electrons. The lowest BCUT2D eigenvalue weighted by atomic mass is 10.1. The normalized spacial score (nSPS) is 14.9. The van der Waals surface area contributed by atoms with Crippen LogP contribution in [0.15, 0.2) is 48.5 Å². The van der Waals surface area contributed by atoms with Gasteiger partial charge < -0.3 is 15.5 Å². The molecule has 0 radical (unpaired) electrons. The molecule has 3 rings (SSSR count). The molecule has 2 aromatic carbocycles. The Bertz CT molecular complexity index is 825. The lowest BCUT2D eigenvalue weighted by Gasteiger charge is -2.19. The number of hydrogen-bond donors (Lipinski definition) is 2. The summed E-state index contributed by atoms with van der Waals surface area (Å²) in [6, 6.07) is 14.9. The smallest absolute Gasteiger partial charge is 0.315 e. The van der Waals surface area contributed by atoms with E-state index in [9.17, 15) is 9.59 Å². The van der Waals surface area contributed by atoms with Crippen LogP contribution in [0, 0.1) is 0 Å². The van der Waals surface area contributed by atoms with Gasteiger partial charge in [0.1, 0.15) is 0 Å². The molecule has 1 unspecified atom stereocenters. The number of carbonyl (C=O) groups is 2. The molecule has 2 N–H and O–H groups in total. The number of carbonyl (C=O) groups excluding carboxylic acids is 2. The highest BCUT2D eigenvalue weighted by atomic mass is 35.5. The van der Waals surface area contributed by atoms with Crippen molar-refractivity contribution in [3.8, 4) is 0 Å². The Morgan fingerprint density at radius 3 is 2.56 bits per heavy atom. The third kappa shape index (κ3) is 5.01. The molecule has 0 spiro atoms. The number of rotatable bonds is 6. The molecule has 0 bridgehead atoms. The predicted octanol–water partition coefficient (Wildman–Crippen LogP) is 4.02. The summed E-state index contributed by atoms with van der Waals surface area (Å²) in [7, 11) is 0. The van der Waals surface area contributed by atoms with Crippen molar-refractivity contribution < 1.29 is 9.59 Å². The minimum absolute atomic E-state index is 0.198. The number of nitrogens with zero attached hydrogens (tertiary/aromatic N) is 1. The van der Waals surface area contributed by atoms with Crippen molar-refractivity contribution in [2.24, 2.45) is 0 Å². The van der Waals surface area contributed by atoms with E-state index in [1.165, 1.54) is 0 Å². The fourth-order valence-corrected chi connectivity index (χ4v) is 3.59. The van der Waals surface area contributed by atoms with Crippen LogP contribution in [-0.2, 0) is 17.9 Å². The van der Waals surface area contributed by atoms with Crippen LogP contribution in [-0.4, -0.2) is 23.4 Å². The minimum atomic E-state index is -0.255. The Morgan fingerprint density at radius 1 is 1.15 bits per heavy atom. The number of likely N-dealkylation sites (tertiary alicyclic amines) is 1. The molecule has 0 aliphatic carbocycles. The second-order valence-electron chi connectivity index (χ2n) is 6.76. The van der Waals surface area contributed by atoms with Gasteiger partial charge in [-0.1, -0.05) is 54.1 Å². The molecule has 1 aliphatic rings. The molecule has 1 atom stereocenters. The van der Waals surface area contributed by atoms with E-state index >= 15 is 0 Å². The molecule has 1 aliphatic heterocycles. The Kier molecular flexibility index (Phi) is 6.35. The maximum atomic E-state index is 12.3. The van der Waals surface area contributed by atoms with Gasteiger partial charge in [0.2, 0.25) is 5.91 Å². The highest BCUT2D eigenvalue weighted by Crippen LogP contribution is 2.22. The fourth-order valence-electron chi connectivity index (χ4n) is 3.29. The van der Waals surface area contributed by atoms with E-state index in [0.29, 0.717) is 24.5 Å². The first kappa shape index (κ1) is 19.2. The molecule has 2 aromatic rings. The fraction of sp³-hybridized carbons (Fsp3) is 0.333. The van der Waals surface area contributed by atoms with Crippen molar-refractivity contribution in [3.05, 3.63) is 70.2 Å². The van der Waals surface area contributed by atoms with Crippen LogP contribution in [0.5, 0.6) is 0 Å². The van der Waals surface area contributed by atoms with Crippen molar-refractivity contribution in [1.29, 1.82) is 0 Å². The number of benzene rings is 2. The molecular weight excluding hydrogens is 362 g/mol. The number of hydrogen-bond acceptors (Lipinski definition) is 2. The predicted molar refractivity (Wildman–Crippen MR) is 106 cm³/mol. The maximum Gasteiger partial charge on any atom is 0.315 e. The number of amides is 3. The summed E-state index contributed by atoms with van der Waals surface area (Å²) in [4.78, 5) is 26.0. The highest BCUT2D eigenvalue weighted by Gasteiger charge is 2.21. The summed E-state index contributed by atoms with van der Waals surface area (Å²) >= 11 is 6.19. The van der Waals surface area contributed by atoms with E-state index in [-0.39, 0.29) is 18.0 Å². The van der Waals surface area contributed by atoms with Crippen LogP contribution in [0.2, 0.25) is 5.02 Å². The van der Waals surface area contributed by atoms with Crippen LogP contribution in [0.1, 0.15) is 42.5 Å². The molecule has 27 heavy (non-hydrogen) atoms. The van der Waals surface area contributed by atoms with Crippen LogP contribution >= 0.6 is 11.6 Å². The van der Waals surface area contributed by atoms with Gasteiger partial charge in [0.15, 0.2) is 0 Å². The van der Waals surface area contributed by atoms with Gasteiger partial charge in [-0.2, -0.15) is 0 Å². The van der Waals surface area contributed by atoms with Crippen molar-refractivity contribution in [2.75, 3.05) is 6.54 Å². The quantitative estimate of drug-likeness (QED) is 0.788. The van der Waals surface area contributed by atoms with E-state index in [1.54, 1.807) is 0 Å². The monoisotopic (exact) mass is 385 g/mol. The summed E-state index contributed by atoms with van der Waals surface area (Å²) in [5, 5.41) is 6.44. The molecule has 3 amide bonds. The Morgan fingerprint density at radius 2 is 1.85 bits per heavy atom. The molecule has 1 heterocycles. The zero-order valence-corrected chi connectivity index (χ0v) is 16.1. The zero-order chi connectivity index (χ0) is 19.2. The summed E-state index contributed by atoms with van der Waals surface area (Å²) in [6.45, 7) is 3.69. The third-order valence-electron chi connectivity index (χ3n) is 4.81. The summed E-state index contributed by atoms with van der Waals surface area (Å²) in [5.41, 5.74) is 2.95. The summed E-state index contributed by atoms with van der Waals surface area (Å²) in [5.74, 6) is 0.198. The van der Waals surface area contributed by atoms with E-state index in [0.717, 1.165) is 29.7 Å². The van der Waals surface area contributed by atoms with Gasteiger partial charge in [-0.05, 0) is 36.1 Å². The van der Waals surface area contributed by atoms with E-state index in [1.807, 2.05) is 60.4 Å². The second kappa shape index (κ2) is 8.91. The first-order valence-electron chi connectivity index (χ1n) is 9.18. The number of urea groups is 1. The molecule has 6 heteroatoms. The molecule has 1 fully saturated rings. The zero-order valence-electron chi connectivity index (χ0n) is 15.4. The van der Waals surface area contributed by atoms with Gasteiger partial charge in [-0.15, -0.1) is 0 Å². The molecule has 0 saturated carbocycles. The average molecular weight is 386 g/mol. The van der Waals surface area contributed by atoms with Gasteiger partial charge >= 0.3 is 6.03 Å². The minimum Gasteiger partial charge on any atom is -0.338 e. The van der Waals surface area contributed by atoms with Crippen LogP contribution in [0.25, 0.3) is 0 Å². The standard InChI is InChI=1S/C21H24ClN3O2/c1-15(18-9-4-5-10-19(18)22)24-21(27)23-13-16-7-2-3-8-17(16)14-25-12-6-11-20(25)26/h2-5,7-10,15H,6,11-14H2,1H3,(H2,23,24,27). The van der Waals surface area contributed by atoms with Gasteiger partial charge in [-0.25, -0.2) is 4.79 Å². The highest BCUT2D eigenvalue weighted by molar-refractivity contribution is 6.31. The van der Waals surface area contributed by atoms with Gasteiger partial charge in [0, 0.05) is 31.1 Å². The Labute approximate surface area is 164 Å². The SMILES string of the molecule is CC(NC(=O)NCc1ccccc1CN1CCCC1=O)c1ccccc1Cl. The molecule has 0 aromatic heterocycles. The van der Waals surface area contributed by atoms with E-state index < -0.39 is 0 Å². The Balaban J connectivity index is 1.57. The summed E-state index contributed by atoms with van der Waals surface area (Å²) in [6.07, 6.45) is 1.55. The first-order chi connectivity index (χ1) is 13.0. The van der Waals surface area contributed by atoms with Crippen LogP contribution < -0.4 is 10.6 Å². The van der Waals surface area contributed by atoms with Crippen LogP contribution in [0.3, 0.4) is 0 Å². The average Bonchev–Trinajstić information content (AvgIpc) is 3.06. The molecule has 5 nitrogen and oxygen atoms in total. The first-order valence-corrected chi connectivity index (χ1v) is 9.55. The topological polar surface area (TPSA) is 61.4 Å². The van der Waals surface area contributed by atoms with Crippen molar-refractivity contribution in [2.45, 2.75) is 38.9 Å². The molecular formula is C21H24ClN3O2. The maximum absolute atomic E-state index is 12.3. The van der Waals surface area contributed by atoms with E-state index in [2.05, 4.69) is 10.6 Å². The Hall–Kier alpha value is -2.53. The lowest BCUT2D eigenvalue weighted by molar-refractivity contribution is -0.128. The largest absolute Gasteiger partial charge is 0.338 e.